The van der Waals surface area contributed by atoms with E-state index in [1.54, 1.807) is 7.05 Å². The average molecular weight is 381 g/mol. The lowest BCUT2D eigenvalue weighted by Gasteiger charge is -2.30. The molecule has 2 rings (SSSR count). The highest BCUT2D eigenvalue weighted by molar-refractivity contribution is 7.85. The average Bonchev–Trinajstić information content (AvgIpc) is 2.69. The van der Waals surface area contributed by atoms with E-state index in [1.807, 2.05) is 25.3 Å². The molecule has 0 aliphatic heterocycles. The Morgan fingerprint density at radius 1 is 1.38 bits per heavy atom. The zero-order valence-corrected chi connectivity index (χ0v) is 17.0. The molecule has 6 nitrogen and oxygen atoms in total. The lowest BCUT2D eigenvalue weighted by molar-refractivity contribution is 0.305. The molecule has 0 radical (unpaired) electrons. The molecule has 7 heteroatoms. The van der Waals surface area contributed by atoms with Crippen molar-refractivity contribution >= 4 is 16.8 Å². The van der Waals surface area contributed by atoms with Crippen molar-refractivity contribution in [3.05, 3.63) is 23.9 Å². The van der Waals surface area contributed by atoms with Crippen LogP contribution in [0.5, 0.6) is 5.88 Å². The topological polar surface area (TPSA) is 75.6 Å². The number of aliphatic imine (C=N–C) groups is 1. The van der Waals surface area contributed by atoms with E-state index in [1.165, 1.54) is 0 Å². The van der Waals surface area contributed by atoms with Crippen molar-refractivity contribution < 1.29 is 8.95 Å². The molecule has 1 aromatic rings. The highest BCUT2D eigenvalue weighted by Gasteiger charge is 2.25. The second-order valence-corrected chi connectivity index (χ2v) is 8.58. The molecular weight excluding hydrogens is 348 g/mol. The maximum atomic E-state index is 12.1. The van der Waals surface area contributed by atoms with Gasteiger partial charge >= 0.3 is 0 Å². The second kappa shape index (κ2) is 11.2. The van der Waals surface area contributed by atoms with Gasteiger partial charge in [-0.05, 0) is 31.2 Å². The van der Waals surface area contributed by atoms with Gasteiger partial charge in [0.05, 0.1) is 6.61 Å². The van der Waals surface area contributed by atoms with Crippen LogP contribution < -0.4 is 15.4 Å². The van der Waals surface area contributed by atoms with Gasteiger partial charge in [-0.1, -0.05) is 26.3 Å². The van der Waals surface area contributed by atoms with Crippen LogP contribution in [0, 0.1) is 0 Å². The zero-order valence-electron chi connectivity index (χ0n) is 16.2. The van der Waals surface area contributed by atoms with E-state index >= 15 is 0 Å². The van der Waals surface area contributed by atoms with Gasteiger partial charge in [0.25, 0.3) is 0 Å². The lowest BCUT2D eigenvalue weighted by Crippen LogP contribution is -2.46. The molecule has 2 N–H and O–H groups in total. The maximum absolute atomic E-state index is 12.1. The van der Waals surface area contributed by atoms with E-state index in [9.17, 15) is 4.21 Å². The number of ether oxygens (including phenoxy) is 1. The standard InChI is InChI=1S/C19H32N4O2S/c1-4-11-25-18-10-9-15(13-21-18)14-22-19(20-3)23-16-7-6-8-17(12-16)26(24)5-2/h9-10,13,16-17H,4-8,11-12,14H2,1-3H3,(H2,20,22,23). The second-order valence-electron chi connectivity index (χ2n) is 6.58. The quantitative estimate of drug-likeness (QED) is 0.536. The van der Waals surface area contributed by atoms with Gasteiger partial charge in [-0.3, -0.25) is 9.20 Å². The van der Waals surface area contributed by atoms with Crippen molar-refractivity contribution in [2.24, 2.45) is 4.99 Å². The molecular formula is C19H32N4O2S. The fraction of sp³-hybridized carbons (Fsp3) is 0.684. The first-order chi connectivity index (χ1) is 12.7. The molecule has 0 spiro atoms. The Morgan fingerprint density at radius 3 is 2.88 bits per heavy atom. The van der Waals surface area contributed by atoms with Gasteiger partial charge in [-0.15, -0.1) is 0 Å². The lowest BCUT2D eigenvalue weighted by atomic mass is 9.95. The van der Waals surface area contributed by atoms with E-state index in [4.69, 9.17) is 4.74 Å². The summed E-state index contributed by atoms with van der Waals surface area (Å²) in [6.07, 6.45) is 7.04. The Balaban J connectivity index is 1.81. The number of hydrogen-bond acceptors (Lipinski definition) is 4. The number of aromatic nitrogens is 1. The van der Waals surface area contributed by atoms with Gasteiger partial charge in [0, 0.05) is 53.7 Å². The summed E-state index contributed by atoms with van der Waals surface area (Å²) in [5, 5.41) is 7.13. The first-order valence-corrected chi connectivity index (χ1v) is 11.0. The maximum Gasteiger partial charge on any atom is 0.213 e. The van der Waals surface area contributed by atoms with Crippen LogP contribution in [0.25, 0.3) is 0 Å². The molecule has 3 atom stereocenters. The molecule has 1 aliphatic rings. The largest absolute Gasteiger partial charge is 0.478 e. The van der Waals surface area contributed by atoms with Gasteiger partial charge < -0.3 is 15.4 Å². The third-order valence-electron chi connectivity index (χ3n) is 4.56. The summed E-state index contributed by atoms with van der Waals surface area (Å²) in [4.78, 5) is 8.64. The van der Waals surface area contributed by atoms with E-state index in [0.29, 0.717) is 30.3 Å². The molecule has 0 bridgehead atoms. The summed E-state index contributed by atoms with van der Waals surface area (Å²) >= 11 is 0. The molecule has 0 saturated heterocycles. The van der Waals surface area contributed by atoms with Crippen LogP contribution in [0.4, 0.5) is 0 Å². The minimum absolute atomic E-state index is 0.309. The highest BCUT2D eigenvalue weighted by atomic mass is 32.2. The number of rotatable bonds is 8. The molecule has 0 amide bonds. The third-order valence-corrected chi connectivity index (χ3v) is 6.30. The molecule has 1 saturated carbocycles. The van der Waals surface area contributed by atoms with E-state index < -0.39 is 10.8 Å². The Hall–Kier alpha value is -1.63. The molecule has 146 valence electrons. The Labute approximate surface area is 159 Å². The Morgan fingerprint density at radius 2 is 2.23 bits per heavy atom. The molecule has 1 fully saturated rings. The minimum atomic E-state index is -0.710. The van der Waals surface area contributed by atoms with Crippen molar-refractivity contribution in [2.75, 3.05) is 19.4 Å². The summed E-state index contributed by atoms with van der Waals surface area (Å²) in [7, 11) is 1.07. The molecule has 1 aromatic heterocycles. The van der Waals surface area contributed by atoms with Crippen LogP contribution in [-0.2, 0) is 17.3 Å². The van der Waals surface area contributed by atoms with Crippen molar-refractivity contribution in [1.29, 1.82) is 0 Å². The third kappa shape index (κ3) is 6.59. The summed E-state index contributed by atoms with van der Waals surface area (Å²) < 4.78 is 17.6. The molecule has 1 aliphatic carbocycles. The number of pyridine rings is 1. The first kappa shape index (κ1) is 20.7. The first-order valence-electron chi connectivity index (χ1n) is 9.58. The van der Waals surface area contributed by atoms with Crippen LogP contribution in [0.15, 0.2) is 23.3 Å². The van der Waals surface area contributed by atoms with Gasteiger partial charge in [0.2, 0.25) is 5.88 Å². The number of nitrogens with zero attached hydrogens (tertiary/aromatic N) is 2. The van der Waals surface area contributed by atoms with Gasteiger partial charge in [0.1, 0.15) is 0 Å². The van der Waals surface area contributed by atoms with Crippen molar-refractivity contribution in [1.82, 2.24) is 15.6 Å². The Bertz CT molecular complexity index is 592. The summed E-state index contributed by atoms with van der Waals surface area (Å²) in [6.45, 7) is 5.41. The fourth-order valence-corrected chi connectivity index (χ4v) is 4.48. The molecule has 1 heterocycles. The van der Waals surface area contributed by atoms with Crippen LogP contribution in [-0.4, -0.2) is 45.9 Å². The van der Waals surface area contributed by atoms with Crippen molar-refractivity contribution in [3.8, 4) is 5.88 Å². The van der Waals surface area contributed by atoms with Crippen molar-refractivity contribution in [3.63, 3.8) is 0 Å². The summed E-state index contributed by atoms with van der Waals surface area (Å²) in [6, 6.07) is 4.24. The van der Waals surface area contributed by atoms with E-state index in [2.05, 4.69) is 27.5 Å². The number of hydrogen-bond donors (Lipinski definition) is 2. The normalized spacial score (nSPS) is 21.9. The molecule has 3 unspecified atom stereocenters. The minimum Gasteiger partial charge on any atom is -0.478 e. The van der Waals surface area contributed by atoms with Crippen LogP contribution >= 0.6 is 0 Å². The van der Waals surface area contributed by atoms with Gasteiger partial charge in [-0.2, -0.15) is 0 Å². The summed E-state index contributed by atoms with van der Waals surface area (Å²) in [5.41, 5.74) is 1.07. The number of guanidine groups is 1. The van der Waals surface area contributed by atoms with E-state index in [0.717, 1.165) is 49.4 Å². The number of nitrogens with one attached hydrogen (secondary N) is 2. The Kier molecular flexibility index (Phi) is 8.88. The highest BCUT2D eigenvalue weighted by Crippen LogP contribution is 2.23. The van der Waals surface area contributed by atoms with Crippen molar-refractivity contribution in [2.45, 2.75) is 63.8 Å². The predicted molar refractivity (Wildman–Crippen MR) is 108 cm³/mol. The molecule has 26 heavy (non-hydrogen) atoms. The van der Waals surface area contributed by atoms with Crippen LogP contribution in [0.1, 0.15) is 51.5 Å². The monoisotopic (exact) mass is 380 g/mol. The smallest absolute Gasteiger partial charge is 0.213 e. The predicted octanol–water partition coefficient (Wildman–Crippen LogP) is 2.62. The summed E-state index contributed by atoms with van der Waals surface area (Å²) in [5.74, 6) is 2.19. The van der Waals surface area contributed by atoms with Crippen LogP contribution in [0.2, 0.25) is 0 Å². The van der Waals surface area contributed by atoms with E-state index in [-0.39, 0.29) is 0 Å². The zero-order chi connectivity index (χ0) is 18.8. The SMILES string of the molecule is CCCOc1ccc(CNC(=NC)NC2CCCC(S(=O)CC)C2)cn1. The van der Waals surface area contributed by atoms with Gasteiger partial charge in [0.15, 0.2) is 5.96 Å². The van der Waals surface area contributed by atoms with Gasteiger partial charge in [-0.25, -0.2) is 4.98 Å². The van der Waals surface area contributed by atoms with Crippen LogP contribution in [0.3, 0.4) is 0 Å². The molecule has 0 aromatic carbocycles. The fourth-order valence-electron chi connectivity index (χ4n) is 3.13.